The van der Waals surface area contributed by atoms with Gasteiger partial charge in [-0.15, -0.1) is 0 Å². The van der Waals surface area contributed by atoms with Crippen molar-refractivity contribution in [2.24, 2.45) is 0 Å². The Morgan fingerprint density at radius 2 is 2.10 bits per heavy atom. The molecule has 0 amide bonds. The first-order valence-electron chi connectivity index (χ1n) is 7.69. The summed E-state index contributed by atoms with van der Waals surface area (Å²) in [6.07, 6.45) is 6.24. The summed E-state index contributed by atoms with van der Waals surface area (Å²) in [4.78, 5) is 0. The Bertz CT molecular complexity index is 440. The van der Waals surface area contributed by atoms with E-state index in [0.717, 1.165) is 38.5 Å². The molecule has 3 heterocycles. The average Bonchev–Trinajstić information content (AvgIpc) is 3.01. The fourth-order valence-electron chi connectivity index (χ4n) is 3.75. The molecule has 3 saturated heterocycles. The number of ether oxygens (including phenoxy) is 1. The van der Waals surface area contributed by atoms with Gasteiger partial charge in [0.15, 0.2) is 0 Å². The molecule has 3 rings (SSSR count). The molecule has 3 aliphatic heterocycles. The van der Waals surface area contributed by atoms with E-state index in [0.29, 0.717) is 13.1 Å². The minimum atomic E-state index is -3.40. The molecule has 6 nitrogen and oxygen atoms in total. The van der Waals surface area contributed by atoms with Crippen LogP contribution in [-0.4, -0.2) is 57.2 Å². The lowest BCUT2D eigenvalue weighted by Gasteiger charge is -2.35. The molecule has 2 bridgehead atoms. The van der Waals surface area contributed by atoms with Crippen molar-refractivity contribution in [1.82, 2.24) is 14.3 Å². The van der Waals surface area contributed by atoms with Gasteiger partial charge in [0.2, 0.25) is 0 Å². The van der Waals surface area contributed by atoms with Crippen molar-refractivity contribution < 1.29 is 13.2 Å². The van der Waals surface area contributed by atoms with Crippen LogP contribution < -0.4 is 10.0 Å². The van der Waals surface area contributed by atoms with Gasteiger partial charge >= 0.3 is 0 Å². The fraction of sp³-hybridized carbons (Fsp3) is 1.00. The first kappa shape index (κ1) is 14.7. The van der Waals surface area contributed by atoms with E-state index in [4.69, 9.17) is 4.74 Å². The lowest BCUT2D eigenvalue weighted by Crippen LogP contribution is -2.55. The van der Waals surface area contributed by atoms with Crippen LogP contribution in [0, 0.1) is 0 Å². The Morgan fingerprint density at radius 1 is 1.25 bits per heavy atom. The second-order valence-electron chi connectivity index (χ2n) is 6.16. The van der Waals surface area contributed by atoms with Crippen molar-refractivity contribution in [3.63, 3.8) is 0 Å². The SMILES string of the molecule is CNCC1CCCCN1S(=O)(=O)NC1CC2CCC1O2. The molecule has 0 spiro atoms. The first-order chi connectivity index (χ1) is 9.60. The van der Waals surface area contributed by atoms with Crippen molar-refractivity contribution in [2.75, 3.05) is 20.1 Å². The monoisotopic (exact) mass is 303 g/mol. The smallest absolute Gasteiger partial charge is 0.280 e. The predicted molar refractivity (Wildman–Crippen MR) is 76.6 cm³/mol. The Hall–Kier alpha value is -0.210. The number of rotatable bonds is 5. The molecule has 20 heavy (non-hydrogen) atoms. The molecule has 7 heteroatoms. The van der Waals surface area contributed by atoms with Crippen LogP contribution >= 0.6 is 0 Å². The van der Waals surface area contributed by atoms with E-state index in [1.807, 2.05) is 7.05 Å². The zero-order valence-corrected chi connectivity index (χ0v) is 12.9. The van der Waals surface area contributed by atoms with Gasteiger partial charge < -0.3 is 10.1 Å². The van der Waals surface area contributed by atoms with Crippen LogP contribution in [-0.2, 0) is 14.9 Å². The molecule has 0 saturated carbocycles. The Kier molecular flexibility index (Phi) is 4.33. The molecule has 0 radical (unpaired) electrons. The lowest BCUT2D eigenvalue weighted by molar-refractivity contribution is 0.0992. The highest BCUT2D eigenvalue weighted by Gasteiger charge is 2.44. The number of hydrogen-bond donors (Lipinski definition) is 2. The summed E-state index contributed by atoms with van der Waals surface area (Å²) in [5.74, 6) is 0. The normalized spacial score (nSPS) is 38.5. The number of hydrogen-bond acceptors (Lipinski definition) is 4. The Morgan fingerprint density at radius 3 is 2.75 bits per heavy atom. The van der Waals surface area contributed by atoms with Gasteiger partial charge in [-0.3, -0.25) is 0 Å². The van der Waals surface area contributed by atoms with Gasteiger partial charge in [0.1, 0.15) is 0 Å². The van der Waals surface area contributed by atoms with E-state index in [-0.39, 0.29) is 24.3 Å². The van der Waals surface area contributed by atoms with Crippen molar-refractivity contribution in [1.29, 1.82) is 0 Å². The lowest BCUT2D eigenvalue weighted by atomic mass is 9.96. The summed E-state index contributed by atoms with van der Waals surface area (Å²) < 4.78 is 35.5. The third-order valence-electron chi connectivity index (χ3n) is 4.73. The van der Waals surface area contributed by atoms with Crippen LogP contribution in [0.15, 0.2) is 0 Å². The number of likely N-dealkylation sites (N-methyl/N-ethyl adjacent to an activating group) is 1. The summed E-state index contributed by atoms with van der Waals surface area (Å²) in [5.41, 5.74) is 0. The number of piperidine rings is 1. The second-order valence-corrected chi connectivity index (χ2v) is 7.81. The molecule has 4 atom stereocenters. The quantitative estimate of drug-likeness (QED) is 0.762. The van der Waals surface area contributed by atoms with Crippen molar-refractivity contribution in [2.45, 2.75) is 62.8 Å². The molecule has 3 fully saturated rings. The minimum absolute atomic E-state index is 0.0316. The number of fused-ring (bicyclic) bond motifs is 2. The summed E-state index contributed by atoms with van der Waals surface area (Å²) in [6.45, 7) is 1.34. The third kappa shape index (κ3) is 2.87. The molecular weight excluding hydrogens is 278 g/mol. The highest BCUT2D eigenvalue weighted by molar-refractivity contribution is 7.87. The fourth-order valence-corrected chi connectivity index (χ4v) is 5.46. The van der Waals surface area contributed by atoms with E-state index in [9.17, 15) is 8.42 Å². The molecule has 0 aromatic heterocycles. The van der Waals surface area contributed by atoms with Crippen LogP contribution in [0.1, 0.15) is 38.5 Å². The van der Waals surface area contributed by atoms with Gasteiger partial charge in [0, 0.05) is 19.1 Å². The van der Waals surface area contributed by atoms with Gasteiger partial charge in [-0.1, -0.05) is 6.42 Å². The predicted octanol–water partition coefficient (Wildman–Crippen LogP) is 0.215. The maximum absolute atomic E-state index is 12.6. The summed E-state index contributed by atoms with van der Waals surface area (Å²) in [7, 11) is -1.53. The van der Waals surface area contributed by atoms with E-state index in [1.165, 1.54) is 0 Å². The number of nitrogens with zero attached hydrogens (tertiary/aromatic N) is 1. The average molecular weight is 303 g/mol. The number of nitrogens with one attached hydrogen (secondary N) is 2. The highest BCUT2D eigenvalue weighted by atomic mass is 32.2. The van der Waals surface area contributed by atoms with Gasteiger partial charge in [-0.05, 0) is 39.2 Å². The van der Waals surface area contributed by atoms with Crippen molar-refractivity contribution >= 4 is 10.2 Å². The minimum Gasteiger partial charge on any atom is -0.373 e. The van der Waals surface area contributed by atoms with E-state index < -0.39 is 10.2 Å². The summed E-state index contributed by atoms with van der Waals surface area (Å²) >= 11 is 0. The largest absolute Gasteiger partial charge is 0.373 e. The molecular formula is C13H25N3O3S. The van der Waals surface area contributed by atoms with Crippen molar-refractivity contribution in [3.05, 3.63) is 0 Å². The molecule has 2 N–H and O–H groups in total. The van der Waals surface area contributed by atoms with Crippen LogP contribution in [0.2, 0.25) is 0 Å². The van der Waals surface area contributed by atoms with E-state index in [2.05, 4.69) is 10.0 Å². The van der Waals surface area contributed by atoms with Crippen LogP contribution in [0.4, 0.5) is 0 Å². The van der Waals surface area contributed by atoms with Crippen molar-refractivity contribution in [3.8, 4) is 0 Å². The van der Waals surface area contributed by atoms with Gasteiger partial charge in [-0.2, -0.15) is 17.4 Å². The Labute approximate surface area is 121 Å². The van der Waals surface area contributed by atoms with Gasteiger partial charge in [0.25, 0.3) is 10.2 Å². The molecule has 0 aromatic carbocycles. The maximum atomic E-state index is 12.6. The zero-order chi connectivity index (χ0) is 14.2. The standard InChI is InChI=1S/C13H25N3O3S/c1-14-9-10-4-2-3-7-16(10)20(17,18)15-12-8-11-5-6-13(12)19-11/h10-15H,2-9H2,1H3. The van der Waals surface area contributed by atoms with Gasteiger partial charge in [0.05, 0.1) is 18.2 Å². The molecule has 116 valence electrons. The van der Waals surface area contributed by atoms with Crippen LogP contribution in [0.5, 0.6) is 0 Å². The van der Waals surface area contributed by atoms with Crippen LogP contribution in [0.25, 0.3) is 0 Å². The first-order valence-corrected chi connectivity index (χ1v) is 9.13. The molecule has 0 aliphatic carbocycles. The molecule has 3 aliphatic rings. The summed E-state index contributed by atoms with van der Waals surface area (Å²) in [5, 5.41) is 3.10. The molecule has 0 aromatic rings. The van der Waals surface area contributed by atoms with E-state index in [1.54, 1.807) is 4.31 Å². The molecule has 4 unspecified atom stereocenters. The van der Waals surface area contributed by atoms with Gasteiger partial charge in [-0.25, -0.2) is 0 Å². The Balaban J connectivity index is 1.67. The third-order valence-corrected chi connectivity index (χ3v) is 6.43. The zero-order valence-electron chi connectivity index (χ0n) is 12.0. The topological polar surface area (TPSA) is 70.7 Å². The second kappa shape index (κ2) is 5.88. The van der Waals surface area contributed by atoms with E-state index >= 15 is 0 Å². The highest BCUT2D eigenvalue weighted by Crippen LogP contribution is 2.35. The maximum Gasteiger partial charge on any atom is 0.280 e. The van der Waals surface area contributed by atoms with Crippen LogP contribution in [0.3, 0.4) is 0 Å². The summed E-state index contributed by atoms with van der Waals surface area (Å²) in [6, 6.07) is 0.0432.